The van der Waals surface area contributed by atoms with Crippen molar-refractivity contribution in [2.24, 2.45) is 5.41 Å². The summed E-state index contributed by atoms with van der Waals surface area (Å²) >= 11 is 0. The van der Waals surface area contributed by atoms with Crippen LogP contribution in [0.4, 0.5) is 0 Å². The summed E-state index contributed by atoms with van der Waals surface area (Å²) in [5.41, 5.74) is 3.44. The van der Waals surface area contributed by atoms with Crippen molar-refractivity contribution in [1.82, 2.24) is 0 Å². The van der Waals surface area contributed by atoms with Gasteiger partial charge in [-0.3, -0.25) is 4.79 Å². The molecule has 1 nitrogen and oxygen atoms in total. The molecule has 110 valence electrons. The van der Waals surface area contributed by atoms with Gasteiger partial charge >= 0.3 is 0 Å². The maximum atomic E-state index is 10.4. The molecule has 0 aliphatic rings. The second kappa shape index (κ2) is 8.21. The van der Waals surface area contributed by atoms with Gasteiger partial charge in [-0.1, -0.05) is 81.5 Å². The molecule has 0 aromatic heterocycles. The van der Waals surface area contributed by atoms with E-state index >= 15 is 0 Å². The molecule has 0 amide bonds. The Morgan fingerprint density at radius 2 is 1.67 bits per heavy atom. The molecule has 0 atom stereocenters. The molecule has 0 radical (unpaired) electrons. The summed E-state index contributed by atoms with van der Waals surface area (Å²) in [4.78, 5) is 10.4. The molecule has 0 N–H and O–H groups in total. The fourth-order valence-electron chi connectivity index (χ4n) is 1.77. The first kappa shape index (κ1) is 16.9. The number of aldehydes is 1. The van der Waals surface area contributed by atoms with E-state index in [1.165, 1.54) is 11.1 Å². The van der Waals surface area contributed by atoms with Crippen LogP contribution in [0.5, 0.6) is 0 Å². The minimum Gasteiger partial charge on any atom is -0.299 e. The summed E-state index contributed by atoms with van der Waals surface area (Å²) in [6.07, 6.45) is 12.7. The maximum Gasteiger partial charge on any atom is 0.143 e. The topological polar surface area (TPSA) is 17.1 Å². The van der Waals surface area contributed by atoms with Crippen molar-refractivity contribution in [3.8, 4) is 0 Å². The lowest BCUT2D eigenvalue weighted by molar-refractivity contribution is -0.104. The van der Waals surface area contributed by atoms with E-state index in [9.17, 15) is 4.79 Å². The number of hydrogen-bond acceptors (Lipinski definition) is 1. The largest absolute Gasteiger partial charge is 0.299 e. The molecule has 0 aliphatic carbocycles. The van der Waals surface area contributed by atoms with Gasteiger partial charge in [-0.05, 0) is 35.1 Å². The Kier molecular flexibility index (Phi) is 6.61. The lowest BCUT2D eigenvalue weighted by Gasteiger charge is -2.20. The third-order valence-electron chi connectivity index (χ3n) is 3.09. The highest BCUT2D eigenvalue weighted by Gasteiger charge is 2.13. The number of carbonyl (C=O) groups excluding carboxylic acids is 1. The van der Waals surface area contributed by atoms with E-state index in [4.69, 9.17) is 0 Å². The summed E-state index contributed by atoms with van der Waals surface area (Å²) in [6.45, 7) is 8.48. The molecule has 0 saturated carbocycles. The van der Waals surface area contributed by atoms with Gasteiger partial charge in [-0.25, -0.2) is 0 Å². The Labute approximate surface area is 128 Å². The van der Waals surface area contributed by atoms with Gasteiger partial charge in [0, 0.05) is 0 Å². The van der Waals surface area contributed by atoms with Gasteiger partial charge < -0.3 is 0 Å². The van der Waals surface area contributed by atoms with Gasteiger partial charge in [0.2, 0.25) is 0 Å². The Morgan fingerprint density at radius 1 is 1.00 bits per heavy atom. The average molecular weight is 280 g/mol. The summed E-state index contributed by atoms with van der Waals surface area (Å²) in [7, 11) is 0. The Hall–Kier alpha value is -2.15. The van der Waals surface area contributed by atoms with Gasteiger partial charge in [-0.15, -0.1) is 0 Å². The van der Waals surface area contributed by atoms with Crippen LogP contribution in [0.15, 0.2) is 71.9 Å². The fourth-order valence-corrected chi connectivity index (χ4v) is 1.77. The van der Waals surface area contributed by atoms with Crippen molar-refractivity contribution in [1.29, 1.82) is 0 Å². The van der Waals surface area contributed by atoms with Crippen molar-refractivity contribution < 1.29 is 4.79 Å². The molecule has 1 rings (SSSR count). The standard InChI is InChI=1S/C20H24O/c1-17(15-16-21)9-8-12-19(20(2,3)4)14-13-18-10-6-5-7-11-18/h5-16H,1-4H3/b9-8+,14-13+,17-15+,19-12-. The van der Waals surface area contributed by atoms with Crippen molar-refractivity contribution in [3.63, 3.8) is 0 Å². The second-order valence-electron chi connectivity index (χ2n) is 6.02. The van der Waals surface area contributed by atoms with E-state index in [1.807, 2.05) is 37.3 Å². The van der Waals surface area contributed by atoms with Crippen LogP contribution >= 0.6 is 0 Å². The first-order valence-electron chi connectivity index (χ1n) is 7.17. The van der Waals surface area contributed by atoms with Crippen molar-refractivity contribution in [3.05, 3.63) is 77.4 Å². The van der Waals surface area contributed by atoms with Crippen LogP contribution in [0.2, 0.25) is 0 Å². The minimum atomic E-state index is 0.0674. The van der Waals surface area contributed by atoms with Crippen LogP contribution in [0.3, 0.4) is 0 Å². The zero-order chi connectivity index (χ0) is 15.7. The molecule has 1 aromatic rings. The molecule has 0 bridgehead atoms. The van der Waals surface area contributed by atoms with E-state index in [0.717, 1.165) is 11.9 Å². The van der Waals surface area contributed by atoms with Crippen LogP contribution in [-0.2, 0) is 4.79 Å². The van der Waals surface area contributed by atoms with Gasteiger partial charge in [0.15, 0.2) is 0 Å². The molecule has 0 unspecified atom stereocenters. The number of rotatable bonds is 5. The molecule has 0 aliphatic heterocycles. The monoisotopic (exact) mass is 280 g/mol. The molecule has 1 aromatic carbocycles. The number of hydrogen-bond donors (Lipinski definition) is 0. The normalized spacial score (nSPS) is 14.1. The molecule has 0 fully saturated rings. The first-order valence-corrected chi connectivity index (χ1v) is 7.17. The average Bonchev–Trinajstić information content (AvgIpc) is 2.42. The van der Waals surface area contributed by atoms with Gasteiger partial charge in [0.25, 0.3) is 0 Å². The predicted octanol–water partition coefficient (Wildman–Crippen LogP) is 5.37. The van der Waals surface area contributed by atoms with E-state index < -0.39 is 0 Å². The Morgan fingerprint density at radius 3 is 2.24 bits per heavy atom. The molecule has 0 saturated heterocycles. The second-order valence-corrected chi connectivity index (χ2v) is 6.02. The number of allylic oxidation sites excluding steroid dienone is 7. The maximum absolute atomic E-state index is 10.4. The summed E-state index contributed by atoms with van der Waals surface area (Å²) in [6, 6.07) is 10.3. The van der Waals surface area contributed by atoms with Crippen LogP contribution in [0.25, 0.3) is 6.08 Å². The zero-order valence-corrected chi connectivity index (χ0v) is 13.3. The highest BCUT2D eigenvalue weighted by atomic mass is 16.1. The highest BCUT2D eigenvalue weighted by Crippen LogP contribution is 2.27. The van der Waals surface area contributed by atoms with E-state index in [0.29, 0.717) is 0 Å². The summed E-state index contributed by atoms with van der Waals surface area (Å²) in [5, 5.41) is 0. The quantitative estimate of drug-likeness (QED) is 0.402. The molecular weight excluding hydrogens is 256 g/mol. The van der Waals surface area contributed by atoms with Gasteiger partial charge in [0.1, 0.15) is 6.29 Å². The number of benzene rings is 1. The lowest BCUT2D eigenvalue weighted by atomic mass is 9.85. The van der Waals surface area contributed by atoms with Gasteiger partial charge in [-0.2, -0.15) is 0 Å². The van der Waals surface area contributed by atoms with E-state index in [-0.39, 0.29) is 5.41 Å². The Bertz CT molecular complexity index is 564. The third kappa shape index (κ3) is 6.71. The van der Waals surface area contributed by atoms with E-state index in [2.05, 4.69) is 51.1 Å². The van der Waals surface area contributed by atoms with Crippen LogP contribution in [0.1, 0.15) is 33.3 Å². The van der Waals surface area contributed by atoms with Crippen molar-refractivity contribution >= 4 is 12.4 Å². The lowest BCUT2D eigenvalue weighted by Crippen LogP contribution is -2.07. The molecular formula is C20H24O. The van der Waals surface area contributed by atoms with E-state index in [1.54, 1.807) is 6.08 Å². The summed E-state index contributed by atoms with van der Waals surface area (Å²) < 4.78 is 0. The first-order chi connectivity index (χ1) is 9.93. The smallest absolute Gasteiger partial charge is 0.143 e. The molecule has 21 heavy (non-hydrogen) atoms. The van der Waals surface area contributed by atoms with Crippen molar-refractivity contribution in [2.45, 2.75) is 27.7 Å². The predicted molar refractivity (Wildman–Crippen MR) is 92.0 cm³/mol. The van der Waals surface area contributed by atoms with Crippen LogP contribution in [0, 0.1) is 5.41 Å². The third-order valence-corrected chi connectivity index (χ3v) is 3.09. The van der Waals surface area contributed by atoms with Gasteiger partial charge in [0.05, 0.1) is 0 Å². The molecule has 0 heterocycles. The summed E-state index contributed by atoms with van der Waals surface area (Å²) in [5.74, 6) is 0. The SMILES string of the molecule is CC(/C=C/C=C(/C=C/c1ccccc1)C(C)(C)C)=C\C=O. The van der Waals surface area contributed by atoms with Crippen LogP contribution in [-0.4, -0.2) is 6.29 Å². The molecule has 0 spiro atoms. The zero-order valence-electron chi connectivity index (χ0n) is 13.3. The van der Waals surface area contributed by atoms with Crippen LogP contribution < -0.4 is 0 Å². The fraction of sp³-hybridized carbons (Fsp3) is 0.250. The highest BCUT2D eigenvalue weighted by molar-refractivity contribution is 5.67. The Balaban J connectivity index is 2.94. The molecule has 1 heteroatoms. The minimum absolute atomic E-state index is 0.0674. The van der Waals surface area contributed by atoms with Crippen molar-refractivity contribution in [2.75, 3.05) is 0 Å². The number of carbonyl (C=O) groups is 1.